The first-order chi connectivity index (χ1) is 13.3. The number of nitrogens with zero attached hydrogens (tertiary/aromatic N) is 3. The number of carboxylic acids is 1. The molecule has 0 aromatic carbocycles. The largest absolute Gasteiger partial charge is 0.490 e. The van der Waals surface area contributed by atoms with Crippen LogP contribution in [-0.2, 0) is 11.3 Å². The molecule has 28 heavy (non-hydrogen) atoms. The monoisotopic (exact) mass is 394 g/mol. The number of aliphatic carboxylic acids is 1. The van der Waals surface area contributed by atoms with Crippen LogP contribution in [0.15, 0.2) is 36.9 Å². The van der Waals surface area contributed by atoms with Crippen LogP contribution in [0.3, 0.4) is 0 Å². The minimum absolute atomic E-state index is 0.802. The lowest BCUT2D eigenvalue weighted by atomic mass is 9.89. The normalized spacial score (nSPS) is 15.2. The minimum Gasteiger partial charge on any atom is -0.475 e. The maximum atomic E-state index is 10.6. The molecule has 0 spiro atoms. The van der Waals surface area contributed by atoms with E-state index >= 15 is 0 Å². The molecule has 0 saturated heterocycles. The Balaban J connectivity index is 0.000000279. The van der Waals surface area contributed by atoms with E-state index in [-0.39, 0.29) is 0 Å². The van der Waals surface area contributed by atoms with Gasteiger partial charge in [-0.2, -0.15) is 18.3 Å². The van der Waals surface area contributed by atoms with Crippen LogP contribution in [0.4, 0.5) is 13.2 Å². The molecule has 1 saturated carbocycles. The van der Waals surface area contributed by atoms with Gasteiger partial charge in [0.05, 0.1) is 6.20 Å². The highest BCUT2D eigenvalue weighted by atomic mass is 19.4. The Morgan fingerprint density at radius 1 is 1.25 bits per heavy atom. The van der Waals surface area contributed by atoms with Crippen molar-refractivity contribution in [2.24, 2.45) is 5.92 Å². The van der Waals surface area contributed by atoms with Crippen molar-refractivity contribution < 1.29 is 23.1 Å². The van der Waals surface area contributed by atoms with E-state index < -0.39 is 12.1 Å². The molecule has 1 fully saturated rings. The highest BCUT2D eigenvalue weighted by Crippen LogP contribution is 2.28. The van der Waals surface area contributed by atoms with Crippen LogP contribution in [0.1, 0.15) is 32.1 Å². The van der Waals surface area contributed by atoms with Gasteiger partial charge in [0.25, 0.3) is 0 Å². The summed E-state index contributed by atoms with van der Waals surface area (Å²) in [6, 6.07) is 4.15. The van der Waals surface area contributed by atoms with Crippen LogP contribution in [0.25, 0.3) is 22.2 Å². The molecule has 0 amide bonds. The molecule has 9 heteroatoms. The molecule has 4 rings (SSSR count). The van der Waals surface area contributed by atoms with Crippen LogP contribution < -0.4 is 0 Å². The van der Waals surface area contributed by atoms with E-state index in [9.17, 15) is 13.2 Å². The van der Waals surface area contributed by atoms with Crippen LogP contribution in [0.2, 0.25) is 0 Å². The zero-order valence-electron chi connectivity index (χ0n) is 15.1. The number of halogens is 3. The Bertz CT molecular complexity index is 927. The number of H-pyrrole nitrogens is 1. The summed E-state index contributed by atoms with van der Waals surface area (Å²) >= 11 is 0. The number of alkyl halides is 3. The van der Waals surface area contributed by atoms with Gasteiger partial charge in [-0.1, -0.05) is 19.3 Å². The number of hydrogen-bond donors (Lipinski definition) is 2. The Morgan fingerprint density at radius 2 is 1.96 bits per heavy atom. The second kappa shape index (κ2) is 8.45. The van der Waals surface area contributed by atoms with E-state index in [4.69, 9.17) is 9.90 Å². The molecule has 3 heterocycles. The summed E-state index contributed by atoms with van der Waals surface area (Å²) in [4.78, 5) is 16.4. The van der Waals surface area contributed by atoms with Gasteiger partial charge in [-0.3, -0.25) is 4.68 Å². The number of fused-ring (bicyclic) bond motifs is 1. The number of nitrogens with one attached hydrogen (secondary N) is 1. The Hall–Kier alpha value is -2.84. The molecule has 150 valence electrons. The van der Waals surface area contributed by atoms with Crippen LogP contribution in [-0.4, -0.2) is 37.0 Å². The van der Waals surface area contributed by atoms with Gasteiger partial charge >= 0.3 is 12.1 Å². The molecule has 3 aromatic rings. The van der Waals surface area contributed by atoms with Gasteiger partial charge in [-0.15, -0.1) is 0 Å². The summed E-state index contributed by atoms with van der Waals surface area (Å²) < 4.78 is 33.9. The second-order valence-electron chi connectivity index (χ2n) is 6.86. The summed E-state index contributed by atoms with van der Waals surface area (Å²) in [5.41, 5.74) is 3.32. The topological polar surface area (TPSA) is 83.8 Å². The molecule has 0 aliphatic heterocycles. The quantitative estimate of drug-likeness (QED) is 0.678. The number of aromatic nitrogens is 4. The lowest BCUT2D eigenvalue weighted by Gasteiger charge is -2.21. The number of rotatable bonds is 3. The van der Waals surface area contributed by atoms with Gasteiger partial charge in [-0.05, 0) is 36.5 Å². The smallest absolute Gasteiger partial charge is 0.475 e. The van der Waals surface area contributed by atoms with Crippen molar-refractivity contribution in [2.75, 3.05) is 0 Å². The molecule has 1 aliphatic carbocycles. The van der Waals surface area contributed by atoms with E-state index in [1.807, 2.05) is 18.6 Å². The maximum Gasteiger partial charge on any atom is 0.490 e. The fraction of sp³-hybridized carbons (Fsp3) is 0.421. The van der Waals surface area contributed by atoms with Gasteiger partial charge in [0, 0.05) is 36.1 Å². The fourth-order valence-corrected chi connectivity index (χ4v) is 3.45. The van der Waals surface area contributed by atoms with E-state index in [2.05, 4.69) is 38.1 Å². The van der Waals surface area contributed by atoms with Crippen molar-refractivity contribution in [3.8, 4) is 11.1 Å². The molecule has 6 nitrogen and oxygen atoms in total. The molecule has 2 N–H and O–H groups in total. The number of pyridine rings is 1. The summed E-state index contributed by atoms with van der Waals surface area (Å²) in [6.07, 6.45) is 9.74. The Labute approximate surface area is 159 Å². The number of aromatic amines is 1. The Kier molecular flexibility index (Phi) is 6.01. The highest BCUT2D eigenvalue weighted by Gasteiger charge is 2.38. The van der Waals surface area contributed by atoms with E-state index in [0.717, 1.165) is 23.5 Å². The number of hydrogen-bond acceptors (Lipinski definition) is 3. The lowest BCUT2D eigenvalue weighted by molar-refractivity contribution is -0.192. The molecule has 1 aliphatic rings. The van der Waals surface area contributed by atoms with Crippen molar-refractivity contribution in [1.29, 1.82) is 0 Å². The zero-order valence-corrected chi connectivity index (χ0v) is 15.1. The first-order valence-electron chi connectivity index (χ1n) is 9.09. The lowest BCUT2D eigenvalue weighted by Crippen LogP contribution is -2.21. The molecular weight excluding hydrogens is 373 g/mol. The fourth-order valence-electron chi connectivity index (χ4n) is 3.45. The standard InChI is InChI=1S/C17H20N4.C2HF3O2/c1-2-4-13(5-3-1)11-21-12-14(10-20-21)15-6-8-18-17-16(15)7-9-19-17;3-2(4,5)1(6)7/h6-10,12-13H,1-5,11H2,(H,18,19);(H,6,7). The molecule has 0 unspecified atom stereocenters. The Morgan fingerprint density at radius 3 is 2.64 bits per heavy atom. The van der Waals surface area contributed by atoms with Crippen molar-refractivity contribution in [3.63, 3.8) is 0 Å². The summed E-state index contributed by atoms with van der Waals surface area (Å²) in [6.45, 7) is 1.06. The van der Waals surface area contributed by atoms with Gasteiger partial charge in [0.1, 0.15) is 5.65 Å². The van der Waals surface area contributed by atoms with Crippen LogP contribution in [0, 0.1) is 5.92 Å². The van der Waals surface area contributed by atoms with E-state index in [1.54, 1.807) is 0 Å². The molecular formula is C19H21F3N4O2. The number of carboxylic acid groups (broad SMARTS) is 1. The predicted octanol–water partition coefficient (Wildman–Crippen LogP) is 4.64. The van der Waals surface area contributed by atoms with E-state index in [1.165, 1.54) is 43.2 Å². The van der Waals surface area contributed by atoms with Crippen molar-refractivity contribution in [3.05, 3.63) is 36.9 Å². The van der Waals surface area contributed by atoms with Gasteiger partial charge in [0.2, 0.25) is 0 Å². The third-order valence-corrected chi connectivity index (χ3v) is 4.82. The highest BCUT2D eigenvalue weighted by molar-refractivity contribution is 5.92. The van der Waals surface area contributed by atoms with Crippen LogP contribution >= 0.6 is 0 Å². The van der Waals surface area contributed by atoms with Crippen molar-refractivity contribution in [1.82, 2.24) is 19.7 Å². The maximum absolute atomic E-state index is 10.6. The molecule has 0 bridgehead atoms. The third kappa shape index (κ3) is 4.90. The molecule has 3 aromatic heterocycles. The average molecular weight is 394 g/mol. The zero-order chi connectivity index (χ0) is 20.1. The van der Waals surface area contributed by atoms with Gasteiger partial charge in [0.15, 0.2) is 0 Å². The second-order valence-corrected chi connectivity index (χ2v) is 6.86. The first-order valence-corrected chi connectivity index (χ1v) is 9.09. The number of carbonyl (C=O) groups is 1. The summed E-state index contributed by atoms with van der Waals surface area (Å²) in [7, 11) is 0. The first kappa shape index (κ1) is 19.9. The van der Waals surface area contributed by atoms with Gasteiger partial charge in [-0.25, -0.2) is 9.78 Å². The summed E-state index contributed by atoms with van der Waals surface area (Å²) in [5.74, 6) is -1.95. The SMILES string of the molecule is O=C(O)C(F)(F)F.c1cc(-c2cnn(CC3CCCCC3)c2)c2cc[nH]c2n1. The van der Waals surface area contributed by atoms with Crippen molar-refractivity contribution >= 4 is 17.0 Å². The predicted molar refractivity (Wildman–Crippen MR) is 97.6 cm³/mol. The minimum atomic E-state index is -5.08. The van der Waals surface area contributed by atoms with E-state index in [0.29, 0.717) is 0 Å². The van der Waals surface area contributed by atoms with Crippen LogP contribution in [0.5, 0.6) is 0 Å². The summed E-state index contributed by atoms with van der Waals surface area (Å²) in [5, 5.41) is 12.9. The molecule has 0 atom stereocenters. The molecule has 0 radical (unpaired) electrons. The van der Waals surface area contributed by atoms with Gasteiger partial charge < -0.3 is 10.1 Å². The van der Waals surface area contributed by atoms with Crippen molar-refractivity contribution in [2.45, 2.75) is 44.8 Å². The average Bonchev–Trinajstić information content (AvgIpc) is 3.31. The third-order valence-electron chi connectivity index (χ3n) is 4.82.